The maximum atomic E-state index is 13.9. The van der Waals surface area contributed by atoms with Gasteiger partial charge in [0, 0.05) is 56.3 Å². The van der Waals surface area contributed by atoms with E-state index in [-0.39, 0.29) is 54.1 Å². The fourth-order valence-electron chi connectivity index (χ4n) is 6.76. The van der Waals surface area contributed by atoms with Crippen LogP contribution in [0.4, 0.5) is 4.79 Å². The predicted octanol–water partition coefficient (Wildman–Crippen LogP) is 5.22. The van der Waals surface area contributed by atoms with Gasteiger partial charge in [0.05, 0.1) is 13.2 Å². The Kier molecular flexibility index (Phi) is 16.6. The molecular weight excluding hydrogens is 632 g/mol. The van der Waals surface area contributed by atoms with Gasteiger partial charge in [0.1, 0.15) is 5.78 Å². The van der Waals surface area contributed by atoms with E-state index in [1.54, 1.807) is 16.7 Å². The Bertz CT molecular complexity index is 1380. The number of nitrogens with one attached hydrogen (secondary N) is 1. The number of nitrogens with two attached hydrogens (primary N) is 1. The molecular formula is C40H58N4O6. The van der Waals surface area contributed by atoms with E-state index in [2.05, 4.69) is 5.32 Å². The Balaban J connectivity index is 1.65. The number of Topliss-reactive ketones (excluding diaryl/α,β-unsaturated/α-hetero) is 2. The smallest absolute Gasteiger partial charge is 0.409 e. The minimum atomic E-state index is -0.769. The number of hydrogen-bond acceptors (Lipinski definition) is 7. The number of nitrogens with zero attached hydrogens (tertiary/aromatic N) is 2. The van der Waals surface area contributed by atoms with Crippen LogP contribution < -0.4 is 11.1 Å². The SMILES string of the molecule is COC(=O)N(CCCN)C1CCN(C(=O)[C@@H](C)CC(=O)[C@@H](CC(C)C)NC(=O)[C@H](CC(=O)[C@H](C)Cc2ccccc2)Cc2ccccc2)CC1. The highest BCUT2D eigenvalue weighted by atomic mass is 16.5. The summed E-state index contributed by atoms with van der Waals surface area (Å²) in [5.41, 5.74) is 7.67. The van der Waals surface area contributed by atoms with Crippen LogP contribution in [-0.4, -0.2) is 84.6 Å². The first-order valence-corrected chi connectivity index (χ1v) is 18.2. The van der Waals surface area contributed by atoms with Gasteiger partial charge >= 0.3 is 6.09 Å². The van der Waals surface area contributed by atoms with Gasteiger partial charge in [-0.15, -0.1) is 0 Å². The van der Waals surface area contributed by atoms with Crippen LogP contribution in [0.1, 0.15) is 77.3 Å². The summed E-state index contributed by atoms with van der Waals surface area (Å²) in [6, 6.07) is 18.6. The monoisotopic (exact) mass is 690 g/mol. The van der Waals surface area contributed by atoms with Crippen LogP contribution in [0.3, 0.4) is 0 Å². The number of piperidine rings is 1. The number of amides is 3. The highest BCUT2D eigenvalue weighted by Gasteiger charge is 2.34. The van der Waals surface area contributed by atoms with Crippen LogP contribution in [0.5, 0.6) is 0 Å². The molecule has 1 aliphatic rings. The predicted molar refractivity (Wildman–Crippen MR) is 195 cm³/mol. The van der Waals surface area contributed by atoms with Gasteiger partial charge in [-0.3, -0.25) is 19.2 Å². The normalized spacial score (nSPS) is 15.9. The Morgan fingerprint density at radius 3 is 1.96 bits per heavy atom. The molecule has 0 spiro atoms. The van der Waals surface area contributed by atoms with E-state index in [1.165, 1.54) is 7.11 Å². The highest BCUT2D eigenvalue weighted by molar-refractivity contribution is 5.94. The molecule has 274 valence electrons. The largest absolute Gasteiger partial charge is 0.453 e. The fourth-order valence-corrected chi connectivity index (χ4v) is 6.76. The van der Waals surface area contributed by atoms with Gasteiger partial charge in [-0.1, -0.05) is 88.4 Å². The van der Waals surface area contributed by atoms with Gasteiger partial charge in [-0.2, -0.15) is 0 Å². The van der Waals surface area contributed by atoms with E-state index < -0.39 is 24.0 Å². The van der Waals surface area contributed by atoms with Crippen molar-refractivity contribution in [3.05, 3.63) is 71.8 Å². The van der Waals surface area contributed by atoms with E-state index in [0.29, 0.717) is 64.7 Å². The van der Waals surface area contributed by atoms with Gasteiger partial charge in [0.15, 0.2) is 5.78 Å². The maximum absolute atomic E-state index is 13.9. The zero-order valence-electron chi connectivity index (χ0n) is 30.6. The molecule has 2 aromatic carbocycles. The molecule has 3 rings (SSSR count). The summed E-state index contributed by atoms with van der Waals surface area (Å²) in [7, 11) is 1.36. The molecule has 1 fully saturated rings. The van der Waals surface area contributed by atoms with Crippen molar-refractivity contribution < 1.29 is 28.7 Å². The number of carbonyl (C=O) groups is 5. The number of benzene rings is 2. The quantitative estimate of drug-likeness (QED) is 0.206. The van der Waals surface area contributed by atoms with Crippen LogP contribution >= 0.6 is 0 Å². The summed E-state index contributed by atoms with van der Waals surface area (Å²) < 4.78 is 4.97. The number of methoxy groups -OCH3 is 1. The lowest BCUT2D eigenvalue weighted by molar-refractivity contribution is -0.139. The molecule has 4 atom stereocenters. The molecule has 1 saturated heterocycles. The molecule has 0 aliphatic carbocycles. The lowest BCUT2D eigenvalue weighted by Gasteiger charge is -2.38. The molecule has 2 aromatic rings. The number of ketones is 2. The summed E-state index contributed by atoms with van der Waals surface area (Å²) in [5.74, 6) is -1.97. The van der Waals surface area contributed by atoms with Crippen molar-refractivity contribution in [2.45, 2.75) is 91.1 Å². The third-order valence-corrected chi connectivity index (χ3v) is 9.65. The van der Waals surface area contributed by atoms with Gasteiger partial charge in [0.2, 0.25) is 11.8 Å². The number of likely N-dealkylation sites (tertiary alicyclic amines) is 1. The van der Waals surface area contributed by atoms with E-state index >= 15 is 0 Å². The molecule has 3 amide bonds. The van der Waals surface area contributed by atoms with Crippen LogP contribution in [0.2, 0.25) is 0 Å². The van der Waals surface area contributed by atoms with Crippen molar-refractivity contribution in [2.75, 3.05) is 33.3 Å². The van der Waals surface area contributed by atoms with Crippen molar-refractivity contribution in [3.63, 3.8) is 0 Å². The molecule has 3 N–H and O–H groups in total. The first kappa shape index (κ1) is 40.4. The van der Waals surface area contributed by atoms with E-state index in [0.717, 1.165) is 11.1 Å². The Hall–Kier alpha value is -4.05. The zero-order valence-corrected chi connectivity index (χ0v) is 30.6. The minimum absolute atomic E-state index is 0.00237. The highest BCUT2D eigenvalue weighted by Crippen LogP contribution is 2.23. The standard InChI is InChI=1S/C40H58N4O6/c1-28(2)23-35(37(46)25-30(4)39(48)43-21-17-34(18-22-43)44(20-12-19-41)40(49)50-5)42-38(47)33(26-32-15-10-7-11-16-32)27-36(45)29(3)24-31-13-8-6-9-14-31/h6-11,13-16,28-30,33-35H,12,17-27,41H2,1-5H3,(H,42,47)/t29-,30+,33+,35-/m1/s1. The summed E-state index contributed by atoms with van der Waals surface area (Å²) in [6.07, 6.45) is 2.97. The van der Waals surface area contributed by atoms with Gasteiger partial charge in [-0.05, 0) is 62.1 Å². The topological polar surface area (TPSA) is 139 Å². The molecule has 0 saturated carbocycles. The maximum Gasteiger partial charge on any atom is 0.409 e. The second-order valence-electron chi connectivity index (χ2n) is 14.3. The first-order chi connectivity index (χ1) is 23.9. The third-order valence-electron chi connectivity index (χ3n) is 9.65. The molecule has 10 heteroatoms. The van der Waals surface area contributed by atoms with Crippen molar-refractivity contribution in [2.24, 2.45) is 29.4 Å². The Morgan fingerprint density at radius 2 is 1.42 bits per heavy atom. The second-order valence-corrected chi connectivity index (χ2v) is 14.3. The molecule has 10 nitrogen and oxygen atoms in total. The summed E-state index contributed by atoms with van der Waals surface area (Å²) >= 11 is 0. The van der Waals surface area contributed by atoms with Crippen LogP contribution in [0, 0.1) is 23.7 Å². The van der Waals surface area contributed by atoms with Crippen LogP contribution in [0.25, 0.3) is 0 Å². The number of ether oxygens (including phenoxy) is 1. The second kappa shape index (κ2) is 20.6. The molecule has 0 unspecified atom stereocenters. The minimum Gasteiger partial charge on any atom is -0.453 e. The molecule has 1 heterocycles. The molecule has 50 heavy (non-hydrogen) atoms. The summed E-state index contributed by atoms with van der Waals surface area (Å²) in [6.45, 7) is 9.56. The van der Waals surface area contributed by atoms with Gasteiger partial charge in [-0.25, -0.2) is 4.79 Å². The van der Waals surface area contributed by atoms with Gasteiger partial charge in [0.25, 0.3) is 0 Å². The first-order valence-electron chi connectivity index (χ1n) is 18.2. The summed E-state index contributed by atoms with van der Waals surface area (Å²) in [5, 5.41) is 3.01. The van der Waals surface area contributed by atoms with Crippen LogP contribution in [0.15, 0.2) is 60.7 Å². The fraction of sp³-hybridized carbons (Fsp3) is 0.575. The van der Waals surface area contributed by atoms with E-state index in [9.17, 15) is 24.0 Å². The molecule has 0 aromatic heterocycles. The van der Waals surface area contributed by atoms with Crippen molar-refractivity contribution in [3.8, 4) is 0 Å². The van der Waals surface area contributed by atoms with E-state index in [1.807, 2.05) is 81.4 Å². The average molecular weight is 691 g/mol. The van der Waals surface area contributed by atoms with Crippen molar-refractivity contribution in [1.82, 2.24) is 15.1 Å². The summed E-state index contributed by atoms with van der Waals surface area (Å²) in [4.78, 5) is 70.4. The molecule has 0 bridgehead atoms. The average Bonchev–Trinajstić information content (AvgIpc) is 3.11. The third kappa shape index (κ3) is 12.7. The number of hydrogen-bond donors (Lipinski definition) is 2. The molecule has 0 radical (unpaired) electrons. The molecule has 1 aliphatic heterocycles. The van der Waals surface area contributed by atoms with Crippen LogP contribution in [-0.2, 0) is 36.8 Å². The Morgan fingerprint density at radius 1 is 0.840 bits per heavy atom. The number of rotatable bonds is 19. The van der Waals surface area contributed by atoms with E-state index in [4.69, 9.17) is 10.5 Å². The zero-order chi connectivity index (χ0) is 36.6. The van der Waals surface area contributed by atoms with Crippen molar-refractivity contribution >= 4 is 29.5 Å². The van der Waals surface area contributed by atoms with Gasteiger partial charge < -0.3 is 25.6 Å². The number of carbonyl (C=O) groups excluding carboxylic acids is 5. The lowest BCUT2D eigenvalue weighted by atomic mass is 9.86. The Labute approximate surface area is 298 Å². The lowest BCUT2D eigenvalue weighted by Crippen LogP contribution is -2.50. The van der Waals surface area contributed by atoms with Crippen molar-refractivity contribution in [1.29, 1.82) is 0 Å².